The molecule has 0 bridgehead atoms. The van der Waals surface area contributed by atoms with Crippen LogP contribution < -0.4 is 5.32 Å². The zero-order chi connectivity index (χ0) is 11.1. The molecule has 0 atom stereocenters. The number of aromatic nitrogens is 2. The number of carbonyl (C=O) groups excluding carboxylic acids is 1. The second-order valence-electron chi connectivity index (χ2n) is 2.51. The van der Waals surface area contributed by atoms with Gasteiger partial charge in [-0.15, -0.1) is 10.2 Å². The fourth-order valence-corrected chi connectivity index (χ4v) is 1.56. The van der Waals surface area contributed by atoms with Gasteiger partial charge in [-0.05, 0) is 18.0 Å². The predicted molar refractivity (Wildman–Crippen MR) is 58.0 cm³/mol. The Morgan fingerprint density at radius 1 is 1.67 bits per heavy atom. The van der Waals surface area contributed by atoms with Gasteiger partial charge >= 0.3 is 0 Å². The molecule has 1 amide bonds. The van der Waals surface area contributed by atoms with Crippen molar-refractivity contribution in [1.29, 1.82) is 0 Å². The van der Waals surface area contributed by atoms with Crippen molar-refractivity contribution < 1.29 is 9.53 Å². The third-order valence-electron chi connectivity index (χ3n) is 1.44. The molecular weight excluding hydrogens is 238 g/mol. The number of amides is 1. The van der Waals surface area contributed by atoms with E-state index in [0.29, 0.717) is 19.6 Å². The Balaban J connectivity index is 2.22. The Hall–Kier alpha value is -1.14. The lowest BCUT2D eigenvalue weighted by molar-refractivity contribution is 0.0949. The second kappa shape index (κ2) is 6.36. The molecule has 0 aliphatic heterocycles. The van der Waals surface area contributed by atoms with Crippen LogP contribution in [0.3, 0.4) is 0 Å². The first-order valence-corrected chi connectivity index (χ1v) is 5.43. The number of hydrogen-bond acceptors (Lipinski definition) is 5. The molecule has 0 saturated carbocycles. The number of halogens is 1. The fraction of sp³-hybridized carbons (Fsp3) is 0.375. The van der Waals surface area contributed by atoms with Gasteiger partial charge in [-0.1, -0.05) is 17.9 Å². The molecule has 0 radical (unpaired) electrons. The monoisotopic (exact) mass is 247 g/mol. The fourth-order valence-electron chi connectivity index (χ4n) is 0.813. The van der Waals surface area contributed by atoms with Crippen molar-refractivity contribution >= 4 is 28.8 Å². The second-order valence-corrected chi connectivity index (χ2v) is 4.07. The van der Waals surface area contributed by atoms with E-state index >= 15 is 0 Å². The van der Waals surface area contributed by atoms with Crippen LogP contribution in [0.4, 0.5) is 0 Å². The van der Waals surface area contributed by atoms with E-state index in [1.165, 1.54) is 6.26 Å². The number of hydrogen-bond donors (Lipinski definition) is 1. The summed E-state index contributed by atoms with van der Waals surface area (Å²) in [5.74, 6) is -0.266. The number of ether oxygens (including phenoxy) is 1. The Kier molecular flexibility index (Phi) is 5.06. The molecule has 0 saturated heterocycles. The highest BCUT2D eigenvalue weighted by molar-refractivity contribution is 7.17. The van der Waals surface area contributed by atoms with Gasteiger partial charge < -0.3 is 10.1 Å². The smallest absolute Gasteiger partial charge is 0.282 e. The average Bonchev–Trinajstić information content (AvgIpc) is 2.64. The van der Waals surface area contributed by atoms with Crippen molar-refractivity contribution in [2.24, 2.45) is 0 Å². The van der Waals surface area contributed by atoms with Gasteiger partial charge in [0.05, 0.1) is 12.9 Å². The lowest BCUT2D eigenvalue weighted by Gasteiger charge is -2.01. The van der Waals surface area contributed by atoms with Crippen LogP contribution in [0.2, 0.25) is 4.47 Å². The molecule has 1 heterocycles. The van der Waals surface area contributed by atoms with Gasteiger partial charge in [0.2, 0.25) is 9.47 Å². The molecule has 1 aromatic rings. The van der Waals surface area contributed by atoms with Gasteiger partial charge in [0.1, 0.15) is 0 Å². The molecule has 5 nitrogen and oxygen atoms in total. The molecule has 0 aliphatic rings. The summed E-state index contributed by atoms with van der Waals surface area (Å²) < 4.78 is 5.15. The van der Waals surface area contributed by atoms with Crippen LogP contribution in [0.5, 0.6) is 0 Å². The molecule has 0 unspecified atom stereocenters. The number of carbonyl (C=O) groups is 1. The third-order valence-corrected chi connectivity index (χ3v) is 2.45. The van der Waals surface area contributed by atoms with E-state index in [4.69, 9.17) is 16.3 Å². The van der Waals surface area contributed by atoms with Crippen LogP contribution in [-0.2, 0) is 4.74 Å². The molecule has 1 rings (SSSR count). The van der Waals surface area contributed by atoms with Gasteiger partial charge in [0.25, 0.3) is 5.91 Å². The average molecular weight is 248 g/mol. The summed E-state index contributed by atoms with van der Waals surface area (Å²) in [6.45, 7) is 4.45. The Bertz CT molecular complexity index is 342. The van der Waals surface area contributed by atoms with E-state index in [2.05, 4.69) is 22.1 Å². The topological polar surface area (TPSA) is 64.1 Å². The molecule has 1 aromatic heterocycles. The first kappa shape index (κ1) is 11.9. The maximum absolute atomic E-state index is 11.4. The van der Waals surface area contributed by atoms with Crippen LogP contribution in [-0.4, -0.2) is 29.3 Å². The van der Waals surface area contributed by atoms with Crippen molar-refractivity contribution in [3.05, 3.63) is 22.3 Å². The highest BCUT2D eigenvalue weighted by Crippen LogP contribution is 2.14. The molecule has 1 N–H and O–H groups in total. The van der Waals surface area contributed by atoms with Crippen molar-refractivity contribution in [3.63, 3.8) is 0 Å². The van der Waals surface area contributed by atoms with Crippen molar-refractivity contribution in [2.45, 2.75) is 6.42 Å². The summed E-state index contributed by atoms with van der Waals surface area (Å²) >= 11 is 6.59. The van der Waals surface area contributed by atoms with Gasteiger partial charge in [-0.2, -0.15) is 0 Å². The number of rotatable bonds is 6. The first-order chi connectivity index (χ1) is 7.24. The maximum Gasteiger partial charge on any atom is 0.282 e. The van der Waals surface area contributed by atoms with Crippen molar-refractivity contribution in [2.75, 3.05) is 13.2 Å². The molecular formula is C8H10ClN3O2S. The zero-order valence-corrected chi connectivity index (χ0v) is 9.48. The minimum atomic E-state index is -0.266. The highest BCUT2D eigenvalue weighted by Gasteiger charge is 2.10. The number of nitrogens with one attached hydrogen (secondary N) is 1. The summed E-state index contributed by atoms with van der Waals surface area (Å²) in [4.78, 5) is 11.4. The largest absolute Gasteiger partial charge is 0.502 e. The van der Waals surface area contributed by atoms with E-state index in [0.717, 1.165) is 11.3 Å². The molecule has 7 heteroatoms. The third kappa shape index (κ3) is 4.26. The van der Waals surface area contributed by atoms with Crippen LogP contribution in [0.15, 0.2) is 12.8 Å². The lowest BCUT2D eigenvalue weighted by Crippen LogP contribution is -2.25. The van der Waals surface area contributed by atoms with Crippen molar-refractivity contribution in [1.82, 2.24) is 15.5 Å². The molecule has 15 heavy (non-hydrogen) atoms. The Morgan fingerprint density at radius 3 is 3.07 bits per heavy atom. The zero-order valence-electron chi connectivity index (χ0n) is 7.90. The summed E-state index contributed by atoms with van der Waals surface area (Å²) in [6.07, 6.45) is 2.08. The van der Waals surface area contributed by atoms with Gasteiger partial charge in [-0.3, -0.25) is 4.79 Å². The maximum atomic E-state index is 11.4. The van der Waals surface area contributed by atoms with Crippen LogP contribution in [0.1, 0.15) is 16.2 Å². The van der Waals surface area contributed by atoms with Crippen LogP contribution in [0, 0.1) is 0 Å². The summed E-state index contributed by atoms with van der Waals surface area (Å²) in [7, 11) is 0. The van der Waals surface area contributed by atoms with E-state index in [9.17, 15) is 4.79 Å². The SMILES string of the molecule is C=COCCCNC(=O)c1nnc(Cl)s1. The molecule has 82 valence electrons. The van der Waals surface area contributed by atoms with Gasteiger partial charge in [0, 0.05) is 6.54 Å². The van der Waals surface area contributed by atoms with Crippen molar-refractivity contribution in [3.8, 4) is 0 Å². The number of nitrogens with zero attached hydrogens (tertiary/aromatic N) is 2. The molecule has 0 aromatic carbocycles. The van der Waals surface area contributed by atoms with Gasteiger partial charge in [0.15, 0.2) is 0 Å². The van der Waals surface area contributed by atoms with Crippen LogP contribution >= 0.6 is 22.9 Å². The highest BCUT2D eigenvalue weighted by atomic mass is 35.5. The molecule has 0 spiro atoms. The first-order valence-electron chi connectivity index (χ1n) is 4.23. The standard InChI is InChI=1S/C8H10ClN3O2S/c1-2-14-5-3-4-10-6(13)7-11-12-8(9)15-7/h2H,1,3-5H2,(H,10,13). The quantitative estimate of drug-likeness (QED) is 0.611. The predicted octanol–water partition coefficient (Wildman–Crippen LogP) is 1.47. The van der Waals surface area contributed by atoms with E-state index in [1.807, 2.05) is 0 Å². The van der Waals surface area contributed by atoms with E-state index in [1.54, 1.807) is 0 Å². The minimum absolute atomic E-state index is 0.259. The molecule has 0 fully saturated rings. The lowest BCUT2D eigenvalue weighted by atomic mass is 10.4. The van der Waals surface area contributed by atoms with E-state index in [-0.39, 0.29) is 15.4 Å². The minimum Gasteiger partial charge on any atom is -0.502 e. The van der Waals surface area contributed by atoms with Gasteiger partial charge in [-0.25, -0.2) is 0 Å². The summed E-state index contributed by atoms with van der Waals surface area (Å²) in [5.41, 5.74) is 0. The van der Waals surface area contributed by atoms with Crippen LogP contribution in [0.25, 0.3) is 0 Å². The molecule has 0 aliphatic carbocycles. The normalized spacial score (nSPS) is 9.67. The Morgan fingerprint density at radius 2 is 2.47 bits per heavy atom. The Labute approximate surface area is 96.1 Å². The summed E-state index contributed by atoms with van der Waals surface area (Å²) in [6, 6.07) is 0. The summed E-state index contributed by atoms with van der Waals surface area (Å²) in [5, 5.41) is 10.1. The van der Waals surface area contributed by atoms with E-state index < -0.39 is 0 Å².